The van der Waals surface area contributed by atoms with Gasteiger partial charge in [-0.05, 0) is 5.56 Å². The van der Waals surface area contributed by atoms with Gasteiger partial charge in [0.2, 0.25) is 5.91 Å². The normalized spacial score (nSPS) is 13.9. The summed E-state index contributed by atoms with van der Waals surface area (Å²) < 4.78 is 1.78. The number of aromatic nitrogens is 1. The zero-order valence-corrected chi connectivity index (χ0v) is 8.63. The first-order valence-corrected chi connectivity index (χ1v) is 4.66. The van der Waals surface area contributed by atoms with E-state index in [0.29, 0.717) is 12.0 Å². The van der Waals surface area contributed by atoms with Gasteiger partial charge in [0.05, 0.1) is 12.0 Å². The summed E-state index contributed by atoms with van der Waals surface area (Å²) in [5.74, 6) is -0.513. The molecule has 0 spiro atoms. The third kappa shape index (κ3) is 1.84. The van der Waals surface area contributed by atoms with Crippen LogP contribution in [-0.4, -0.2) is 16.4 Å². The van der Waals surface area contributed by atoms with Crippen molar-refractivity contribution in [2.75, 3.05) is 0 Å². The molecule has 1 N–H and O–H groups in total. The average Bonchev–Trinajstić information content (AvgIpc) is 2.49. The predicted molar refractivity (Wildman–Crippen MR) is 52.9 cm³/mol. The SMILES string of the molecule is CC.Cn1cc2c(c1)C(=O)NC(=O)C2. The number of imide groups is 1. The smallest absolute Gasteiger partial charge is 0.259 e. The molecule has 4 heteroatoms. The predicted octanol–water partition coefficient (Wildman–Crippen LogP) is 0.864. The van der Waals surface area contributed by atoms with E-state index < -0.39 is 0 Å². The number of hydrogen-bond acceptors (Lipinski definition) is 2. The van der Waals surface area contributed by atoms with E-state index in [4.69, 9.17) is 0 Å². The highest BCUT2D eigenvalue weighted by Crippen LogP contribution is 2.14. The molecule has 0 atom stereocenters. The molecular weight excluding hydrogens is 180 g/mol. The van der Waals surface area contributed by atoms with E-state index in [2.05, 4.69) is 5.32 Å². The summed E-state index contributed by atoms with van der Waals surface area (Å²) in [6.45, 7) is 4.00. The maximum Gasteiger partial charge on any atom is 0.259 e. The van der Waals surface area contributed by atoms with E-state index in [1.54, 1.807) is 17.0 Å². The second-order valence-electron chi connectivity index (χ2n) is 2.92. The number of carbonyl (C=O) groups is 2. The molecule has 2 heterocycles. The number of nitrogens with one attached hydrogen (secondary N) is 1. The van der Waals surface area contributed by atoms with Crippen LogP contribution in [0.15, 0.2) is 12.4 Å². The lowest BCUT2D eigenvalue weighted by Crippen LogP contribution is -2.36. The Hall–Kier alpha value is -1.58. The van der Waals surface area contributed by atoms with Gasteiger partial charge in [0.15, 0.2) is 0 Å². The van der Waals surface area contributed by atoms with E-state index in [-0.39, 0.29) is 11.8 Å². The molecule has 76 valence electrons. The second-order valence-corrected chi connectivity index (χ2v) is 2.92. The van der Waals surface area contributed by atoms with E-state index in [1.807, 2.05) is 20.9 Å². The van der Waals surface area contributed by atoms with Crippen molar-refractivity contribution < 1.29 is 9.59 Å². The summed E-state index contributed by atoms with van der Waals surface area (Å²) in [5, 5.41) is 2.26. The molecule has 0 aliphatic carbocycles. The van der Waals surface area contributed by atoms with E-state index in [9.17, 15) is 9.59 Å². The van der Waals surface area contributed by atoms with Crippen molar-refractivity contribution in [2.45, 2.75) is 20.3 Å². The second kappa shape index (κ2) is 4.09. The molecule has 1 aromatic rings. The standard InChI is InChI=1S/C8H8N2O2.C2H6/c1-10-3-5-2-7(11)9-8(12)6(5)4-10;1-2/h3-4H,2H2,1H3,(H,9,11,12);1-2H3. The first-order valence-electron chi connectivity index (χ1n) is 4.66. The van der Waals surface area contributed by atoms with Gasteiger partial charge in [-0.1, -0.05) is 13.8 Å². The summed E-state index contributed by atoms with van der Waals surface area (Å²) in [6, 6.07) is 0. The Kier molecular flexibility index (Phi) is 3.06. The molecule has 1 aliphatic heterocycles. The average molecular weight is 194 g/mol. The number of fused-ring (bicyclic) bond motifs is 1. The number of hydrogen-bond donors (Lipinski definition) is 1. The molecule has 0 unspecified atom stereocenters. The van der Waals surface area contributed by atoms with Crippen LogP contribution in [0, 0.1) is 0 Å². The van der Waals surface area contributed by atoms with Crippen molar-refractivity contribution in [1.82, 2.24) is 9.88 Å². The number of nitrogens with zero attached hydrogens (tertiary/aromatic N) is 1. The molecule has 0 bridgehead atoms. The third-order valence-corrected chi connectivity index (χ3v) is 1.89. The lowest BCUT2D eigenvalue weighted by Gasteiger charge is -2.09. The minimum absolute atomic E-state index is 0.223. The lowest BCUT2D eigenvalue weighted by atomic mass is 10.1. The fourth-order valence-corrected chi connectivity index (χ4v) is 1.40. The first-order chi connectivity index (χ1) is 6.66. The molecule has 0 saturated carbocycles. The summed E-state index contributed by atoms with van der Waals surface area (Å²) in [6.07, 6.45) is 3.82. The van der Waals surface area contributed by atoms with Gasteiger partial charge in [0.1, 0.15) is 0 Å². The molecule has 2 amide bonds. The van der Waals surface area contributed by atoms with Gasteiger partial charge < -0.3 is 4.57 Å². The molecular formula is C10H14N2O2. The number of carbonyl (C=O) groups excluding carboxylic acids is 2. The Bertz CT molecular complexity index is 366. The molecule has 0 saturated heterocycles. The molecule has 2 rings (SSSR count). The van der Waals surface area contributed by atoms with Gasteiger partial charge >= 0.3 is 0 Å². The quantitative estimate of drug-likeness (QED) is 0.623. The van der Waals surface area contributed by atoms with Crippen molar-refractivity contribution in [2.24, 2.45) is 7.05 Å². The van der Waals surface area contributed by atoms with Gasteiger partial charge in [-0.25, -0.2) is 0 Å². The van der Waals surface area contributed by atoms with E-state index in [1.165, 1.54) is 0 Å². The highest BCUT2D eigenvalue weighted by molar-refractivity contribution is 6.09. The van der Waals surface area contributed by atoms with Gasteiger partial charge in [-0.15, -0.1) is 0 Å². The van der Waals surface area contributed by atoms with Crippen LogP contribution in [-0.2, 0) is 18.3 Å². The molecule has 0 radical (unpaired) electrons. The van der Waals surface area contributed by atoms with Crippen LogP contribution in [0.3, 0.4) is 0 Å². The van der Waals surface area contributed by atoms with Gasteiger partial charge in [-0.3, -0.25) is 14.9 Å². The van der Waals surface area contributed by atoms with Crippen molar-refractivity contribution in [3.8, 4) is 0 Å². The zero-order valence-electron chi connectivity index (χ0n) is 8.63. The Balaban J connectivity index is 0.000000461. The number of rotatable bonds is 0. The van der Waals surface area contributed by atoms with Crippen LogP contribution in [0.2, 0.25) is 0 Å². The minimum atomic E-state index is -0.290. The molecule has 0 fully saturated rings. The minimum Gasteiger partial charge on any atom is -0.356 e. The van der Waals surface area contributed by atoms with E-state index in [0.717, 1.165) is 5.56 Å². The third-order valence-electron chi connectivity index (χ3n) is 1.89. The molecule has 1 aromatic heterocycles. The summed E-state index contributed by atoms with van der Waals surface area (Å²) in [5.41, 5.74) is 1.42. The summed E-state index contributed by atoms with van der Waals surface area (Å²) in [7, 11) is 1.83. The first kappa shape index (κ1) is 10.5. The Morgan fingerprint density at radius 1 is 1.29 bits per heavy atom. The van der Waals surface area contributed by atoms with Crippen LogP contribution in [0.1, 0.15) is 29.8 Å². The highest BCUT2D eigenvalue weighted by Gasteiger charge is 2.23. The Labute approximate surface area is 82.9 Å². The maximum atomic E-state index is 11.2. The number of aryl methyl sites for hydroxylation is 1. The summed E-state index contributed by atoms with van der Waals surface area (Å²) >= 11 is 0. The van der Waals surface area contributed by atoms with Crippen LogP contribution in [0.25, 0.3) is 0 Å². The van der Waals surface area contributed by atoms with Crippen molar-refractivity contribution in [1.29, 1.82) is 0 Å². The summed E-state index contributed by atoms with van der Waals surface area (Å²) in [4.78, 5) is 22.1. The molecule has 14 heavy (non-hydrogen) atoms. The van der Waals surface area contributed by atoms with Crippen molar-refractivity contribution >= 4 is 11.8 Å². The molecule has 1 aliphatic rings. The van der Waals surface area contributed by atoms with Crippen LogP contribution < -0.4 is 5.32 Å². The largest absolute Gasteiger partial charge is 0.356 e. The van der Waals surface area contributed by atoms with Crippen molar-refractivity contribution in [3.63, 3.8) is 0 Å². The van der Waals surface area contributed by atoms with Crippen LogP contribution >= 0.6 is 0 Å². The van der Waals surface area contributed by atoms with Gasteiger partial charge in [0, 0.05) is 19.4 Å². The zero-order chi connectivity index (χ0) is 10.7. The molecule has 4 nitrogen and oxygen atoms in total. The fourth-order valence-electron chi connectivity index (χ4n) is 1.40. The van der Waals surface area contributed by atoms with Gasteiger partial charge in [-0.2, -0.15) is 0 Å². The Morgan fingerprint density at radius 2 is 1.93 bits per heavy atom. The van der Waals surface area contributed by atoms with Gasteiger partial charge in [0.25, 0.3) is 5.91 Å². The van der Waals surface area contributed by atoms with Crippen LogP contribution in [0.4, 0.5) is 0 Å². The molecule has 0 aromatic carbocycles. The number of amides is 2. The Morgan fingerprint density at radius 3 is 2.57 bits per heavy atom. The van der Waals surface area contributed by atoms with E-state index >= 15 is 0 Å². The topological polar surface area (TPSA) is 51.1 Å². The monoisotopic (exact) mass is 194 g/mol. The lowest BCUT2D eigenvalue weighted by molar-refractivity contribution is -0.119. The fraction of sp³-hybridized carbons (Fsp3) is 0.400. The van der Waals surface area contributed by atoms with Crippen LogP contribution in [0.5, 0.6) is 0 Å². The maximum absolute atomic E-state index is 11.2. The van der Waals surface area contributed by atoms with Crippen molar-refractivity contribution in [3.05, 3.63) is 23.5 Å². The highest BCUT2D eigenvalue weighted by atomic mass is 16.2.